The van der Waals surface area contributed by atoms with Gasteiger partial charge in [-0.2, -0.15) is 15.3 Å². The SMILES string of the molecule is CCn1cc(Cn2cc(NC(=S)Nc3cnn(Cc4ccc(C)cc4)c3)cn2)cn1. The highest BCUT2D eigenvalue weighted by molar-refractivity contribution is 7.80. The van der Waals surface area contributed by atoms with Crippen LogP contribution >= 0.6 is 12.2 Å². The third-order valence-electron chi connectivity index (χ3n) is 4.60. The van der Waals surface area contributed by atoms with E-state index in [2.05, 4.69) is 64.0 Å². The van der Waals surface area contributed by atoms with E-state index in [0.717, 1.165) is 23.5 Å². The minimum absolute atomic E-state index is 0.489. The van der Waals surface area contributed by atoms with Gasteiger partial charge in [-0.25, -0.2) is 0 Å². The zero-order chi connectivity index (χ0) is 20.9. The molecule has 0 atom stereocenters. The van der Waals surface area contributed by atoms with Crippen molar-refractivity contribution in [1.82, 2.24) is 29.3 Å². The van der Waals surface area contributed by atoms with Gasteiger partial charge in [-0.05, 0) is 31.6 Å². The molecule has 30 heavy (non-hydrogen) atoms. The van der Waals surface area contributed by atoms with Crippen molar-refractivity contribution in [3.05, 3.63) is 78.1 Å². The van der Waals surface area contributed by atoms with Gasteiger partial charge in [-0.1, -0.05) is 29.8 Å². The van der Waals surface area contributed by atoms with Crippen LogP contribution in [0.25, 0.3) is 0 Å². The van der Waals surface area contributed by atoms with Crippen LogP contribution in [0, 0.1) is 6.92 Å². The molecule has 3 aromatic heterocycles. The third kappa shape index (κ3) is 5.12. The van der Waals surface area contributed by atoms with Crippen LogP contribution in [0.3, 0.4) is 0 Å². The molecule has 9 heteroatoms. The summed E-state index contributed by atoms with van der Waals surface area (Å²) in [5.41, 5.74) is 5.21. The van der Waals surface area contributed by atoms with Crippen molar-refractivity contribution in [2.45, 2.75) is 33.5 Å². The van der Waals surface area contributed by atoms with E-state index in [-0.39, 0.29) is 0 Å². The van der Waals surface area contributed by atoms with E-state index < -0.39 is 0 Å². The Labute approximate surface area is 180 Å². The highest BCUT2D eigenvalue weighted by Crippen LogP contribution is 2.12. The largest absolute Gasteiger partial charge is 0.330 e. The Kier molecular flexibility index (Phi) is 5.89. The Balaban J connectivity index is 1.30. The number of aromatic nitrogens is 6. The standard InChI is InChI=1S/C21H24N8S/c1-3-27-12-18(8-22-27)13-29-15-20(10-24-29)26-21(30)25-19-9-23-28(14-19)11-17-6-4-16(2)5-7-17/h4-10,12,14-15H,3,11,13H2,1-2H3,(H2,25,26,30). The molecule has 0 amide bonds. The maximum Gasteiger partial charge on any atom is 0.175 e. The van der Waals surface area contributed by atoms with Gasteiger partial charge >= 0.3 is 0 Å². The van der Waals surface area contributed by atoms with Gasteiger partial charge in [0, 0.05) is 30.7 Å². The minimum Gasteiger partial charge on any atom is -0.330 e. The van der Waals surface area contributed by atoms with E-state index in [1.807, 2.05) is 38.8 Å². The van der Waals surface area contributed by atoms with Gasteiger partial charge in [0.1, 0.15) is 0 Å². The van der Waals surface area contributed by atoms with E-state index in [1.54, 1.807) is 12.4 Å². The van der Waals surface area contributed by atoms with Crippen molar-refractivity contribution in [1.29, 1.82) is 0 Å². The van der Waals surface area contributed by atoms with Gasteiger partial charge in [-0.15, -0.1) is 0 Å². The lowest BCUT2D eigenvalue weighted by Gasteiger charge is -2.06. The molecular weight excluding hydrogens is 396 g/mol. The van der Waals surface area contributed by atoms with Gasteiger partial charge in [-0.3, -0.25) is 14.0 Å². The van der Waals surface area contributed by atoms with E-state index >= 15 is 0 Å². The van der Waals surface area contributed by atoms with Crippen molar-refractivity contribution >= 4 is 28.7 Å². The molecule has 0 spiro atoms. The molecular formula is C21H24N8S. The first kappa shape index (κ1) is 19.8. The smallest absolute Gasteiger partial charge is 0.175 e. The highest BCUT2D eigenvalue weighted by atomic mass is 32.1. The van der Waals surface area contributed by atoms with Crippen molar-refractivity contribution < 1.29 is 0 Å². The minimum atomic E-state index is 0.489. The van der Waals surface area contributed by atoms with Crippen LogP contribution in [0.2, 0.25) is 0 Å². The fourth-order valence-corrected chi connectivity index (χ4v) is 3.29. The zero-order valence-corrected chi connectivity index (χ0v) is 17.8. The van der Waals surface area contributed by atoms with Crippen LogP contribution in [0.5, 0.6) is 0 Å². The molecule has 2 N–H and O–H groups in total. The summed E-state index contributed by atoms with van der Waals surface area (Å²) in [5, 5.41) is 19.9. The van der Waals surface area contributed by atoms with Gasteiger partial charge in [0.2, 0.25) is 0 Å². The van der Waals surface area contributed by atoms with Crippen LogP contribution in [0.4, 0.5) is 11.4 Å². The number of nitrogens with one attached hydrogen (secondary N) is 2. The second-order valence-corrected chi connectivity index (χ2v) is 7.53. The average Bonchev–Trinajstić information content (AvgIpc) is 3.46. The molecule has 4 aromatic rings. The normalized spacial score (nSPS) is 10.9. The lowest BCUT2D eigenvalue weighted by atomic mass is 10.1. The number of nitrogens with zero attached hydrogens (tertiary/aromatic N) is 6. The third-order valence-corrected chi connectivity index (χ3v) is 4.81. The maximum atomic E-state index is 5.42. The molecule has 3 heterocycles. The van der Waals surface area contributed by atoms with Crippen molar-refractivity contribution in [2.24, 2.45) is 0 Å². The summed E-state index contributed by atoms with van der Waals surface area (Å²) in [7, 11) is 0. The lowest BCUT2D eigenvalue weighted by Crippen LogP contribution is -2.18. The number of anilines is 2. The van der Waals surface area contributed by atoms with E-state index in [0.29, 0.717) is 18.2 Å². The monoisotopic (exact) mass is 420 g/mol. The van der Waals surface area contributed by atoms with Gasteiger partial charge in [0.05, 0.1) is 43.1 Å². The number of thiocarbonyl (C=S) groups is 1. The van der Waals surface area contributed by atoms with Gasteiger partial charge in [0.25, 0.3) is 0 Å². The van der Waals surface area contributed by atoms with Gasteiger partial charge < -0.3 is 10.6 Å². The first-order valence-corrected chi connectivity index (χ1v) is 10.2. The van der Waals surface area contributed by atoms with Crippen molar-refractivity contribution in [2.75, 3.05) is 10.6 Å². The Bertz CT molecular complexity index is 1120. The fraction of sp³-hybridized carbons (Fsp3) is 0.238. The summed E-state index contributed by atoms with van der Waals surface area (Å²) < 4.78 is 5.63. The molecule has 0 saturated carbocycles. The van der Waals surface area contributed by atoms with Crippen LogP contribution < -0.4 is 10.6 Å². The summed E-state index contributed by atoms with van der Waals surface area (Å²) >= 11 is 5.42. The Morgan fingerprint density at radius 1 is 0.800 bits per heavy atom. The molecule has 0 saturated heterocycles. The van der Waals surface area contributed by atoms with Crippen LogP contribution in [-0.4, -0.2) is 34.5 Å². The first-order chi connectivity index (χ1) is 14.6. The second-order valence-electron chi connectivity index (χ2n) is 7.12. The summed E-state index contributed by atoms with van der Waals surface area (Å²) in [5.74, 6) is 0. The molecule has 0 unspecified atom stereocenters. The van der Waals surface area contributed by atoms with E-state index in [4.69, 9.17) is 12.2 Å². The Hall–Kier alpha value is -3.46. The summed E-state index contributed by atoms with van der Waals surface area (Å²) in [6.07, 6.45) is 11.2. The quantitative estimate of drug-likeness (QED) is 0.446. The molecule has 8 nitrogen and oxygen atoms in total. The number of hydrogen-bond acceptors (Lipinski definition) is 4. The molecule has 0 aliphatic carbocycles. The second kappa shape index (κ2) is 8.91. The summed E-state index contributed by atoms with van der Waals surface area (Å²) in [4.78, 5) is 0. The number of benzene rings is 1. The van der Waals surface area contributed by atoms with Crippen LogP contribution in [0.15, 0.2) is 61.4 Å². The Morgan fingerprint density at radius 3 is 1.93 bits per heavy atom. The lowest BCUT2D eigenvalue weighted by molar-refractivity contribution is 0.654. The molecule has 0 bridgehead atoms. The molecule has 4 rings (SSSR count). The zero-order valence-electron chi connectivity index (χ0n) is 17.0. The van der Waals surface area contributed by atoms with Crippen molar-refractivity contribution in [3.63, 3.8) is 0 Å². The predicted octanol–water partition coefficient (Wildman–Crippen LogP) is 3.51. The molecule has 1 aromatic carbocycles. The summed E-state index contributed by atoms with van der Waals surface area (Å²) in [6.45, 7) is 6.37. The van der Waals surface area contributed by atoms with Gasteiger partial charge in [0.15, 0.2) is 5.11 Å². The fourth-order valence-electron chi connectivity index (χ4n) is 3.05. The number of aryl methyl sites for hydroxylation is 2. The molecule has 0 aliphatic rings. The highest BCUT2D eigenvalue weighted by Gasteiger charge is 2.06. The first-order valence-electron chi connectivity index (χ1n) is 9.77. The number of hydrogen-bond donors (Lipinski definition) is 2. The summed E-state index contributed by atoms with van der Waals surface area (Å²) in [6, 6.07) is 8.43. The van der Waals surface area contributed by atoms with Crippen LogP contribution in [-0.2, 0) is 19.6 Å². The average molecular weight is 421 g/mol. The number of rotatable bonds is 7. The molecule has 0 fully saturated rings. The van der Waals surface area contributed by atoms with E-state index in [9.17, 15) is 0 Å². The molecule has 154 valence electrons. The van der Waals surface area contributed by atoms with Crippen LogP contribution in [0.1, 0.15) is 23.6 Å². The molecule has 0 radical (unpaired) electrons. The Morgan fingerprint density at radius 2 is 1.37 bits per heavy atom. The maximum absolute atomic E-state index is 5.42. The topological polar surface area (TPSA) is 77.5 Å². The molecule has 0 aliphatic heterocycles. The van der Waals surface area contributed by atoms with Crippen molar-refractivity contribution in [3.8, 4) is 0 Å². The van der Waals surface area contributed by atoms with E-state index in [1.165, 1.54) is 11.1 Å². The predicted molar refractivity (Wildman–Crippen MR) is 122 cm³/mol.